The third-order valence-corrected chi connectivity index (χ3v) is 5.11. The molecule has 0 radical (unpaired) electrons. The first kappa shape index (κ1) is 15.8. The van der Waals surface area contributed by atoms with Crippen molar-refractivity contribution in [3.63, 3.8) is 0 Å². The minimum atomic E-state index is 0.295. The topological polar surface area (TPSA) is 41.1 Å². The molecule has 1 unspecified atom stereocenters. The molecule has 2 aliphatic rings. The van der Waals surface area contributed by atoms with Crippen LogP contribution >= 0.6 is 0 Å². The largest absolute Gasteiger partial charge is 0.353 e. The molecule has 0 aromatic carbocycles. The van der Waals surface area contributed by atoms with E-state index in [2.05, 4.69) is 17.6 Å². The van der Waals surface area contributed by atoms with Gasteiger partial charge < -0.3 is 10.6 Å². The van der Waals surface area contributed by atoms with Gasteiger partial charge in [0.15, 0.2) is 0 Å². The molecule has 0 aromatic heterocycles. The van der Waals surface area contributed by atoms with Crippen LogP contribution in [0.3, 0.4) is 0 Å². The first-order valence-electron chi connectivity index (χ1n) is 8.80. The van der Waals surface area contributed by atoms with E-state index in [0.717, 1.165) is 44.7 Å². The number of carbonyl (C=O) groups excluding carboxylic acids is 1. The number of hydrogen-bond donors (Lipinski definition) is 2. The molecule has 0 bridgehead atoms. The second kappa shape index (κ2) is 8.66. The van der Waals surface area contributed by atoms with Gasteiger partial charge in [0, 0.05) is 12.0 Å². The number of nitrogens with one attached hydrogen (secondary N) is 2. The van der Waals surface area contributed by atoms with Gasteiger partial charge in [0.2, 0.25) is 5.91 Å². The summed E-state index contributed by atoms with van der Waals surface area (Å²) in [7, 11) is 0. The van der Waals surface area contributed by atoms with Crippen molar-refractivity contribution < 1.29 is 4.79 Å². The van der Waals surface area contributed by atoms with Crippen LogP contribution in [0.25, 0.3) is 0 Å². The maximum atomic E-state index is 12.4. The Labute approximate surface area is 124 Å². The van der Waals surface area contributed by atoms with Crippen molar-refractivity contribution >= 4 is 5.91 Å². The van der Waals surface area contributed by atoms with Crippen LogP contribution in [0.2, 0.25) is 0 Å². The average Bonchev–Trinajstić information content (AvgIpc) is 2.74. The SMILES string of the molecule is CCCCC1CCC(C(=O)NC2CCCNCC2)CC1. The molecule has 20 heavy (non-hydrogen) atoms. The lowest BCUT2D eigenvalue weighted by Crippen LogP contribution is -2.40. The first-order chi connectivity index (χ1) is 9.79. The van der Waals surface area contributed by atoms with Crippen molar-refractivity contribution in [2.75, 3.05) is 13.1 Å². The summed E-state index contributed by atoms with van der Waals surface area (Å²) in [5.41, 5.74) is 0. The van der Waals surface area contributed by atoms with Crippen LogP contribution in [0.5, 0.6) is 0 Å². The van der Waals surface area contributed by atoms with Crippen molar-refractivity contribution in [2.45, 2.75) is 77.2 Å². The van der Waals surface area contributed by atoms with E-state index in [4.69, 9.17) is 0 Å². The van der Waals surface area contributed by atoms with Crippen molar-refractivity contribution in [3.05, 3.63) is 0 Å². The van der Waals surface area contributed by atoms with Crippen LogP contribution < -0.4 is 10.6 Å². The van der Waals surface area contributed by atoms with Crippen LogP contribution in [0, 0.1) is 11.8 Å². The highest BCUT2D eigenvalue weighted by molar-refractivity contribution is 5.79. The summed E-state index contributed by atoms with van der Waals surface area (Å²) in [6, 6.07) is 0.412. The Morgan fingerprint density at radius 2 is 1.90 bits per heavy atom. The molecule has 2 fully saturated rings. The summed E-state index contributed by atoms with van der Waals surface area (Å²) in [5, 5.41) is 6.71. The van der Waals surface area contributed by atoms with Crippen LogP contribution in [-0.4, -0.2) is 25.0 Å². The number of rotatable bonds is 5. The van der Waals surface area contributed by atoms with Gasteiger partial charge in [-0.25, -0.2) is 0 Å². The molecule has 2 rings (SSSR count). The molecule has 0 aromatic rings. The Kier molecular flexibility index (Phi) is 6.85. The number of carbonyl (C=O) groups is 1. The van der Waals surface area contributed by atoms with E-state index in [1.54, 1.807) is 0 Å². The lowest BCUT2D eigenvalue weighted by atomic mass is 9.79. The number of amides is 1. The van der Waals surface area contributed by atoms with Crippen LogP contribution in [0.1, 0.15) is 71.1 Å². The van der Waals surface area contributed by atoms with Gasteiger partial charge in [-0.3, -0.25) is 4.79 Å². The van der Waals surface area contributed by atoms with Gasteiger partial charge in [0.05, 0.1) is 0 Å². The number of hydrogen-bond acceptors (Lipinski definition) is 2. The third-order valence-electron chi connectivity index (χ3n) is 5.11. The summed E-state index contributed by atoms with van der Waals surface area (Å²) in [6.07, 6.45) is 12.2. The van der Waals surface area contributed by atoms with Gasteiger partial charge >= 0.3 is 0 Å². The lowest BCUT2D eigenvalue weighted by molar-refractivity contribution is -0.127. The minimum absolute atomic E-state index is 0.295. The Balaban J connectivity index is 1.68. The predicted octanol–water partition coefficient (Wildman–Crippen LogP) is 3.24. The highest BCUT2D eigenvalue weighted by Gasteiger charge is 2.27. The van der Waals surface area contributed by atoms with E-state index in [9.17, 15) is 4.79 Å². The fraction of sp³-hybridized carbons (Fsp3) is 0.941. The number of unbranched alkanes of at least 4 members (excludes halogenated alkanes) is 1. The van der Waals surface area contributed by atoms with Gasteiger partial charge in [-0.15, -0.1) is 0 Å². The minimum Gasteiger partial charge on any atom is -0.353 e. The summed E-state index contributed by atoms with van der Waals surface area (Å²) >= 11 is 0. The van der Waals surface area contributed by atoms with Crippen molar-refractivity contribution in [1.82, 2.24) is 10.6 Å². The molecule has 116 valence electrons. The summed E-state index contributed by atoms with van der Waals surface area (Å²) in [6.45, 7) is 4.42. The standard InChI is InChI=1S/C17H32N2O/c1-2-3-5-14-7-9-15(10-8-14)17(20)19-16-6-4-12-18-13-11-16/h14-16,18H,2-13H2,1H3,(H,19,20). The molecule has 1 heterocycles. The maximum absolute atomic E-state index is 12.4. The van der Waals surface area contributed by atoms with Crippen molar-refractivity contribution in [1.29, 1.82) is 0 Å². The van der Waals surface area contributed by atoms with Crippen LogP contribution in [-0.2, 0) is 4.79 Å². The van der Waals surface area contributed by atoms with Gasteiger partial charge in [-0.1, -0.05) is 26.2 Å². The Hall–Kier alpha value is -0.570. The molecule has 1 aliphatic carbocycles. The summed E-state index contributed by atoms with van der Waals surface area (Å²) in [5.74, 6) is 1.52. The fourth-order valence-electron chi connectivity index (χ4n) is 3.69. The quantitative estimate of drug-likeness (QED) is 0.811. The van der Waals surface area contributed by atoms with Gasteiger partial charge in [0.1, 0.15) is 0 Å². The Morgan fingerprint density at radius 1 is 1.10 bits per heavy atom. The summed E-state index contributed by atoms with van der Waals surface area (Å²) in [4.78, 5) is 12.4. The Morgan fingerprint density at radius 3 is 2.65 bits per heavy atom. The van der Waals surface area contributed by atoms with Gasteiger partial charge in [0.25, 0.3) is 0 Å². The average molecular weight is 280 g/mol. The molecule has 2 N–H and O–H groups in total. The Bertz CT molecular complexity index is 277. The molecular formula is C17H32N2O. The summed E-state index contributed by atoms with van der Waals surface area (Å²) < 4.78 is 0. The van der Waals surface area contributed by atoms with Gasteiger partial charge in [-0.2, -0.15) is 0 Å². The molecule has 0 spiro atoms. The zero-order valence-electron chi connectivity index (χ0n) is 13.1. The molecule has 1 amide bonds. The maximum Gasteiger partial charge on any atom is 0.223 e. The molecule has 1 aliphatic heterocycles. The van der Waals surface area contributed by atoms with E-state index in [1.807, 2.05) is 0 Å². The second-order valence-electron chi connectivity index (χ2n) is 6.75. The molecule has 1 atom stereocenters. The lowest BCUT2D eigenvalue weighted by Gasteiger charge is -2.29. The van der Waals surface area contributed by atoms with Crippen LogP contribution in [0.4, 0.5) is 0 Å². The first-order valence-corrected chi connectivity index (χ1v) is 8.80. The van der Waals surface area contributed by atoms with E-state index in [1.165, 1.54) is 38.5 Å². The zero-order valence-corrected chi connectivity index (χ0v) is 13.1. The smallest absolute Gasteiger partial charge is 0.223 e. The van der Waals surface area contributed by atoms with E-state index < -0.39 is 0 Å². The van der Waals surface area contributed by atoms with E-state index in [0.29, 0.717) is 17.9 Å². The molecule has 3 heteroatoms. The highest BCUT2D eigenvalue weighted by Crippen LogP contribution is 2.32. The fourth-order valence-corrected chi connectivity index (χ4v) is 3.69. The monoisotopic (exact) mass is 280 g/mol. The second-order valence-corrected chi connectivity index (χ2v) is 6.75. The van der Waals surface area contributed by atoms with Gasteiger partial charge in [-0.05, 0) is 64.0 Å². The van der Waals surface area contributed by atoms with E-state index in [-0.39, 0.29) is 0 Å². The van der Waals surface area contributed by atoms with Crippen molar-refractivity contribution in [3.8, 4) is 0 Å². The third kappa shape index (κ3) is 5.08. The molecule has 3 nitrogen and oxygen atoms in total. The molecular weight excluding hydrogens is 248 g/mol. The predicted molar refractivity (Wildman–Crippen MR) is 83.6 cm³/mol. The zero-order chi connectivity index (χ0) is 14.2. The van der Waals surface area contributed by atoms with Crippen LogP contribution in [0.15, 0.2) is 0 Å². The van der Waals surface area contributed by atoms with E-state index >= 15 is 0 Å². The highest BCUT2D eigenvalue weighted by atomic mass is 16.1. The van der Waals surface area contributed by atoms with Crippen molar-refractivity contribution in [2.24, 2.45) is 11.8 Å². The molecule has 1 saturated heterocycles. The molecule has 1 saturated carbocycles. The normalized spacial score (nSPS) is 31.6.